The first-order valence-electron chi connectivity index (χ1n) is 10.5. The number of carbonyl (C=O) groups is 4. The van der Waals surface area contributed by atoms with E-state index in [2.05, 4.69) is 10.6 Å². The Labute approximate surface area is 180 Å². The van der Waals surface area contributed by atoms with E-state index >= 15 is 0 Å². The monoisotopic (exact) mass is 419 g/mol. The highest BCUT2D eigenvalue weighted by molar-refractivity contribution is 6.21. The lowest BCUT2D eigenvalue weighted by atomic mass is 10.1. The molecule has 1 atom stereocenters. The van der Waals surface area contributed by atoms with Gasteiger partial charge < -0.3 is 10.6 Å². The standard InChI is InChI=1S/C24H25N3O4/c1-14-3-10-19-20(13-14)24(31)27(23(19)30)12-11-21(28)25-15(2)16-6-8-18(9-7-16)26-22(29)17-4-5-17/h3,6-10,13,15,17H,4-5,11-12H2,1-2H3,(H,25,28)(H,26,29). The molecule has 0 spiro atoms. The fraction of sp³-hybridized carbons (Fsp3) is 0.333. The molecule has 1 unspecified atom stereocenters. The molecule has 1 fully saturated rings. The predicted molar refractivity (Wildman–Crippen MR) is 116 cm³/mol. The van der Waals surface area contributed by atoms with Gasteiger partial charge in [0, 0.05) is 24.6 Å². The fourth-order valence-electron chi connectivity index (χ4n) is 3.66. The van der Waals surface area contributed by atoms with Crippen molar-refractivity contribution in [1.82, 2.24) is 10.2 Å². The number of imide groups is 1. The van der Waals surface area contributed by atoms with Crippen molar-refractivity contribution in [3.63, 3.8) is 0 Å². The van der Waals surface area contributed by atoms with Gasteiger partial charge in [-0.2, -0.15) is 0 Å². The van der Waals surface area contributed by atoms with E-state index in [1.165, 1.54) is 0 Å². The number of amides is 4. The third kappa shape index (κ3) is 4.50. The molecule has 160 valence electrons. The quantitative estimate of drug-likeness (QED) is 0.674. The summed E-state index contributed by atoms with van der Waals surface area (Å²) in [5, 5.41) is 5.78. The molecule has 2 aromatic carbocycles. The molecule has 4 rings (SSSR count). The summed E-state index contributed by atoms with van der Waals surface area (Å²) in [4.78, 5) is 50.4. The Hall–Kier alpha value is -3.48. The molecule has 2 aromatic rings. The zero-order chi connectivity index (χ0) is 22.1. The second-order valence-corrected chi connectivity index (χ2v) is 8.24. The molecule has 0 radical (unpaired) electrons. The van der Waals surface area contributed by atoms with Gasteiger partial charge in [-0.3, -0.25) is 24.1 Å². The molecule has 0 aromatic heterocycles. The Balaban J connectivity index is 1.29. The van der Waals surface area contributed by atoms with Crippen LogP contribution in [0, 0.1) is 12.8 Å². The van der Waals surface area contributed by atoms with Crippen molar-refractivity contribution in [2.75, 3.05) is 11.9 Å². The fourth-order valence-corrected chi connectivity index (χ4v) is 3.66. The summed E-state index contributed by atoms with van der Waals surface area (Å²) in [5.41, 5.74) is 3.33. The maximum atomic E-state index is 12.5. The molecule has 4 amide bonds. The second kappa shape index (κ2) is 8.34. The summed E-state index contributed by atoms with van der Waals surface area (Å²) >= 11 is 0. The minimum Gasteiger partial charge on any atom is -0.350 e. The summed E-state index contributed by atoms with van der Waals surface area (Å²) in [7, 11) is 0. The van der Waals surface area contributed by atoms with Crippen molar-refractivity contribution in [3.05, 3.63) is 64.7 Å². The van der Waals surface area contributed by atoms with E-state index in [0.29, 0.717) is 11.1 Å². The molecule has 7 heteroatoms. The normalized spacial score (nSPS) is 16.1. The van der Waals surface area contributed by atoms with Crippen molar-refractivity contribution in [1.29, 1.82) is 0 Å². The molecule has 31 heavy (non-hydrogen) atoms. The number of hydrogen-bond acceptors (Lipinski definition) is 4. The summed E-state index contributed by atoms with van der Waals surface area (Å²) < 4.78 is 0. The van der Waals surface area contributed by atoms with Crippen LogP contribution in [-0.4, -0.2) is 35.1 Å². The number of fused-ring (bicyclic) bond motifs is 1. The van der Waals surface area contributed by atoms with E-state index in [0.717, 1.165) is 34.6 Å². The van der Waals surface area contributed by atoms with Gasteiger partial charge in [-0.15, -0.1) is 0 Å². The molecule has 1 aliphatic heterocycles. The maximum Gasteiger partial charge on any atom is 0.261 e. The number of rotatable bonds is 7. The third-order valence-electron chi connectivity index (χ3n) is 5.69. The number of aryl methyl sites for hydroxylation is 1. The lowest BCUT2D eigenvalue weighted by Gasteiger charge is -2.17. The van der Waals surface area contributed by atoms with Crippen LogP contribution in [0.4, 0.5) is 5.69 Å². The van der Waals surface area contributed by atoms with Crippen molar-refractivity contribution in [2.45, 2.75) is 39.2 Å². The second-order valence-electron chi connectivity index (χ2n) is 8.24. The van der Waals surface area contributed by atoms with E-state index in [1.54, 1.807) is 18.2 Å². The first-order chi connectivity index (χ1) is 14.8. The van der Waals surface area contributed by atoms with E-state index in [-0.39, 0.29) is 48.6 Å². The first kappa shape index (κ1) is 20.8. The molecule has 1 heterocycles. The van der Waals surface area contributed by atoms with Crippen LogP contribution in [-0.2, 0) is 9.59 Å². The van der Waals surface area contributed by atoms with E-state index in [9.17, 15) is 19.2 Å². The molecular weight excluding hydrogens is 394 g/mol. The van der Waals surface area contributed by atoms with E-state index in [1.807, 2.05) is 38.1 Å². The number of hydrogen-bond donors (Lipinski definition) is 2. The molecule has 1 aliphatic carbocycles. The van der Waals surface area contributed by atoms with Gasteiger partial charge in [-0.05, 0) is 56.5 Å². The minimum absolute atomic E-state index is 0.0321. The Morgan fingerprint density at radius 3 is 2.39 bits per heavy atom. The topological polar surface area (TPSA) is 95.6 Å². The molecule has 7 nitrogen and oxygen atoms in total. The van der Waals surface area contributed by atoms with Crippen LogP contribution in [0.3, 0.4) is 0 Å². The van der Waals surface area contributed by atoms with Gasteiger partial charge in [0.05, 0.1) is 17.2 Å². The predicted octanol–water partition coefficient (Wildman–Crippen LogP) is 3.21. The molecule has 0 bridgehead atoms. The number of anilines is 1. The average Bonchev–Trinajstić information content (AvgIpc) is 3.56. The number of nitrogens with one attached hydrogen (secondary N) is 2. The van der Waals surface area contributed by atoms with Gasteiger partial charge in [0.2, 0.25) is 11.8 Å². The molecule has 1 saturated carbocycles. The number of nitrogens with zero attached hydrogens (tertiary/aromatic N) is 1. The molecular formula is C24H25N3O4. The van der Waals surface area contributed by atoms with Crippen LogP contribution in [0.2, 0.25) is 0 Å². The van der Waals surface area contributed by atoms with Gasteiger partial charge in [-0.1, -0.05) is 23.8 Å². The van der Waals surface area contributed by atoms with E-state index < -0.39 is 0 Å². The largest absolute Gasteiger partial charge is 0.350 e. The maximum absolute atomic E-state index is 12.5. The van der Waals surface area contributed by atoms with Crippen LogP contribution < -0.4 is 10.6 Å². The highest BCUT2D eigenvalue weighted by Gasteiger charge is 2.35. The van der Waals surface area contributed by atoms with Gasteiger partial charge in [0.15, 0.2) is 0 Å². The highest BCUT2D eigenvalue weighted by Crippen LogP contribution is 2.30. The van der Waals surface area contributed by atoms with Gasteiger partial charge in [0.25, 0.3) is 11.8 Å². The number of benzene rings is 2. The van der Waals surface area contributed by atoms with Gasteiger partial charge in [-0.25, -0.2) is 0 Å². The van der Waals surface area contributed by atoms with Crippen LogP contribution in [0.25, 0.3) is 0 Å². The number of carbonyl (C=O) groups excluding carboxylic acids is 4. The Bertz CT molecular complexity index is 1060. The van der Waals surface area contributed by atoms with Crippen LogP contribution in [0.15, 0.2) is 42.5 Å². The average molecular weight is 419 g/mol. The van der Waals surface area contributed by atoms with Crippen molar-refractivity contribution in [3.8, 4) is 0 Å². The van der Waals surface area contributed by atoms with Crippen LogP contribution >= 0.6 is 0 Å². The summed E-state index contributed by atoms with van der Waals surface area (Å²) in [6.45, 7) is 3.76. The van der Waals surface area contributed by atoms with Crippen molar-refractivity contribution in [2.24, 2.45) is 5.92 Å². The zero-order valence-corrected chi connectivity index (χ0v) is 17.6. The molecule has 2 N–H and O–H groups in total. The third-order valence-corrected chi connectivity index (χ3v) is 5.69. The first-order valence-corrected chi connectivity index (χ1v) is 10.5. The van der Waals surface area contributed by atoms with Crippen molar-refractivity contribution >= 4 is 29.3 Å². The van der Waals surface area contributed by atoms with E-state index in [4.69, 9.17) is 0 Å². The smallest absolute Gasteiger partial charge is 0.261 e. The SMILES string of the molecule is Cc1ccc2c(c1)C(=O)N(CCC(=O)NC(C)c1ccc(NC(=O)C3CC3)cc1)C2=O. The minimum atomic E-state index is -0.357. The Morgan fingerprint density at radius 2 is 1.71 bits per heavy atom. The molecule has 2 aliphatic rings. The zero-order valence-electron chi connectivity index (χ0n) is 17.6. The summed E-state index contributed by atoms with van der Waals surface area (Å²) in [6.07, 6.45) is 1.94. The molecule has 0 saturated heterocycles. The van der Waals surface area contributed by atoms with Crippen LogP contribution in [0.1, 0.15) is 64.1 Å². The van der Waals surface area contributed by atoms with Crippen LogP contribution in [0.5, 0.6) is 0 Å². The lowest BCUT2D eigenvalue weighted by Crippen LogP contribution is -2.35. The summed E-state index contributed by atoms with van der Waals surface area (Å²) in [6, 6.07) is 12.3. The Morgan fingerprint density at radius 1 is 1.03 bits per heavy atom. The highest BCUT2D eigenvalue weighted by atomic mass is 16.2. The lowest BCUT2D eigenvalue weighted by molar-refractivity contribution is -0.121. The Kier molecular flexibility index (Phi) is 5.59. The van der Waals surface area contributed by atoms with Crippen molar-refractivity contribution < 1.29 is 19.2 Å². The van der Waals surface area contributed by atoms with Gasteiger partial charge >= 0.3 is 0 Å². The summed E-state index contributed by atoms with van der Waals surface area (Å²) in [5.74, 6) is -0.758. The van der Waals surface area contributed by atoms with Gasteiger partial charge in [0.1, 0.15) is 0 Å².